The third kappa shape index (κ3) is 5.94. The zero-order chi connectivity index (χ0) is 18.1. The quantitative estimate of drug-likeness (QED) is 0.639. The van der Waals surface area contributed by atoms with Gasteiger partial charge in [0.15, 0.2) is 0 Å². The van der Waals surface area contributed by atoms with Crippen LogP contribution in [0.5, 0.6) is 0 Å². The maximum Gasteiger partial charge on any atom is 0.137 e. The van der Waals surface area contributed by atoms with Crippen LogP contribution in [0.4, 0.5) is 0 Å². The van der Waals surface area contributed by atoms with Crippen LogP contribution < -0.4 is 0 Å². The second-order valence-electron chi connectivity index (χ2n) is 6.16. The van der Waals surface area contributed by atoms with Crippen LogP contribution in [0.15, 0.2) is 35.2 Å². The van der Waals surface area contributed by atoms with Crippen LogP contribution in [-0.2, 0) is 18.9 Å². The summed E-state index contributed by atoms with van der Waals surface area (Å²) in [6.45, 7) is 3.08. The minimum atomic E-state index is -0.779. The van der Waals surface area contributed by atoms with Gasteiger partial charge in [0.25, 0.3) is 0 Å². The van der Waals surface area contributed by atoms with Crippen molar-refractivity contribution >= 4 is 11.8 Å². The summed E-state index contributed by atoms with van der Waals surface area (Å²) >= 11 is 1.58. The lowest BCUT2D eigenvalue weighted by atomic mass is 9.99. The molecule has 0 aliphatic carbocycles. The van der Waals surface area contributed by atoms with E-state index < -0.39 is 18.3 Å². The first-order valence-corrected chi connectivity index (χ1v) is 9.77. The third-order valence-electron chi connectivity index (χ3n) is 4.28. The fraction of sp³-hybridized carbons (Fsp3) is 0.684. The molecule has 2 rings (SSSR count). The highest BCUT2D eigenvalue weighted by atomic mass is 32.2. The summed E-state index contributed by atoms with van der Waals surface area (Å²) in [5, 5.41) is 10.7. The molecule has 0 spiro atoms. The van der Waals surface area contributed by atoms with Crippen LogP contribution in [0.2, 0.25) is 0 Å². The zero-order valence-electron chi connectivity index (χ0n) is 15.3. The van der Waals surface area contributed by atoms with Crippen molar-refractivity contribution in [1.82, 2.24) is 0 Å². The number of thioether (sulfide) groups is 1. The molecule has 0 saturated carbocycles. The van der Waals surface area contributed by atoms with Crippen LogP contribution in [-0.4, -0.2) is 62.4 Å². The van der Waals surface area contributed by atoms with Gasteiger partial charge in [-0.1, -0.05) is 49.7 Å². The molecule has 1 aromatic carbocycles. The molecule has 0 unspecified atom stereocenters. The first-order chi connectivity index (χ1) is 12.2. The second kappa shape index (κ2) is 11.2. The first kappa shape index (κ1) is 20.7. The Morgan fingerprint density at radius 3 is 2.52 bits per heavy atom. The predicted octanol–water partition coefficient (Wildman–Crippen LogP) is 3.10. The van der Waals surface area contributed by atoms with Crippen molar-refractivity contribution in [2.75, 3.05) is 27.4 Å². The van der Waals surface area contributed by atoms with Gasteiger partial charge < -0.3 is 24.1 Å². The van der Waals surface area contributed by atoms with Gasteiger partial charge in [-0.25, -0.2) is 0 Å². The Balaban J connectivity index is 2.10. The highest BCUT2D eigenvalue weighted by Gasteiger charge is 2.46. The average Bonchev–Trinajstić information content (AvgIpc) is 2.63. The van der Waals surface area contributed by atoms with Gasteiger partial charge in [0.05, 0.1) is 6.61 Å². The smallest absolute Gasteiger partial charge is 0.137 e. The van der Waals surface area contributed by atoms with E-state index in [9.17, 15) is 5.11 Å². The van der Waals surface area contributed by atoms with E-state index >= 15 is 0 Å². The molecule has 0 bridgehead atoms. The van der Waals surface area contributed by atoms with Crippen molar-refractivity contribution in [3.8, 4) is 0 Å². The topological polar surface area (TPSA) is 57.2 Å². The molecule has 6 heteroatoms. The van der Waals surface area contributed by atoms with E-state index in [-0.39, 0.29) is 11.5 Å². The molecule has 1 aliphatic rings. The summed E-state index contributed by atoms with van der Waals surface area (Å²) in [4.78, 5) is 1.09. The molecule has 142 valence electrons. The lowest BCUT2D eigenvalue weighted by molar-refractivity contribution is -0.228. The molecule has 5 atom stereocenters. The highest BCUT2D eigenvalue weighted by Crippen LogP contribution is 2.35. The molecule has 25 heavy (non-hydrogen) atoms. The molecule has 1 N–H and O–H groups in total. The van der Waals surface area contributed by atoms with Crippen molar-refractivity contribution in [1.29, 1.82) is 0 Å². The van der Waals surface area contributed by atoms with E-state index in [4.69, 9.17) is 18.9 Å². The highest BCUT2D eigenvalue weighted by molar-refractivity contribution is 7.99. The number of unbranched alkanes of at least 4 members (excludes halogenated alkanes) is 2. The SMILES string of the molecule is CCCCCO[C@H]1[C@H](O)[C@@H](COC)O[C@@H](Sc2ccccc2)[C@@H]1OC. The monoisotopic (exact) mass is 370 g/mol. The minimum absolute atomic E-state index is 0.271. The predicted molar refractivity (Wildman–Crippen MR) is 98.9 cm³/mol. The van der Waals surface area contributed by atoms with Crippen molar-refractivity contribution in [2.45, 2.75) is 60.9 Å². The number of methoxy groups -OCH3 is 2. The summed E-state index contributed by atoms with van der Waals surface area (Å²) in [5.74, 6) is 0. The summed E-state index contributed by atoms with van der Waals surface area (Å²) in [7, 11) is 3.24. The normalized spacial score (nSPS) is 29.7. The minimum Gasteiger partial charge on any atom is -0.387 e. The van der Waals surface area contributed by atoms with Crippen molar-refractivity contribution < 1.29 is 24.1 Å². The Labute approximate surface area is 155 Å². The largest absolute Gasteiger partial charge is 0.387 e. The van der Waals surface area contributed by atoms with Crippen LogP contribution >= 0.6 is 11.8 Å². The van der Waals surface area contributed by atoms with Gasteiger partial charge in [-0.15, -0.1) is 0 Å². The lowest BCUT2D eigenvalue weighted by Crippen LogP contribution is -2.59. The van der Waals surface area contributed by atoms with Crippen molar-refractivity contribution in [2.24, 2.45) is 0 Å². The number of aliphatic hydroxyl groups is 1. The van der Waals surface area contributed by atoms with Gasteiger partial charge >= 0.3 is 0 Å². The Kier molecular flexibility index (Phi) is 9.23. The van der Waals surface area contributed by atoms with Gasteiger partial charge in [0.1, 0.15) is 29.9 Å². The Morgan fingerprint density at radius 2 is 1.88 bits per heavy atom. The maximum absolute atomic E-state index is 10.7. The molecule has 0 radical (unpaired) electrons. The van der Waals surface area contributed by atoms with Crippen molar-refractivity contribution in [3.63, 3.8) is 0 Å². The van der Waals surface area contributed by atoms with Gasteiger partial charge in [-0.3, -0.25) is 0 Å². The Bertz CT molecular complexity index is 472. The third-order valence-corrected chi connectivity index (χ3v) is 5.43. The molecule has 0 aromatic heterocycles. The van der Waals surface area contributed by atoms with Gasteiger partial charge in [-0.05, 0) is 18.6 Å². The fourth-order valence-electron chi connectivity index (χ4n) is 2.93. The number of hydrogen-bond donors (Lipinski definition) is 1. The van der Waals surface area contributed by atoms with E-state index in [0.717, 1.165) is 24.2 Å². The molecule has 0 amide bonds. The molecule has 1 aliphatic heterocycles. The molecule has 5 nitrogen and oxygen atoms in total. The van der Waals surface area contributed by atoms with Gasteiger partial charge in [0.2, 0.25) is 0 Å². The first-order valence-electron chi connectivity index (χ1n) is 8.89. The lowest BCUT2D eigenvalue weighted by Gasteiger charge is -2.43. The summed E-state index contributed by atoms with van der Waals surface area (Å²) in [6, 6.07) is 10.0. The number of aliphatic hydroxyl groups excluding tert-OH is 1. The summed E-state index contributed by atoms with van der Waals surface area (Å²) in [6.07, 6.45) is 1.22. The van der Waals surface area contributed by atoms with Crippen LogP contribution in [0.1, 0.15) is 26.2 Å². The van der Waals surface area contributed by atoms with E-state index in [1.807, 2.05) is 30.3 Å². The number of rotatable bonds is 10. The number of ether oxygens (including phenoxy) is 4. The van der Waals surface area contributed by atoms with Crippen LogP contribution in [0.3, 0.4) is 0 Å². The van der Waals surface area contributed by atoms with E-state index in [1.165, 1.54) is 0 Å². The average molecular weight is 371 g/mol. The fourth-order valence-corrected chi connectivity index (χ4v) is 4.11. The molecule has 1 saturated heterocycles. The van der Waals surface area contributed by atoms with Crippen LogP contribution in [0, 0.1) is 0 Å². The van der Waals surface area contributed by atoms with E-state index in [0.29, 0.717) is 13.2 Å². The summed E-state index contributed by atoms with van der Waals surface area (Å²) in [5.41, 5.74) is -0.271. The standard InChI is InChI=1S/C19H30O5S/c1-4-5-9-12-23-17-16(20)15(13-21-2)24-19(18(17)22-3)25-14-10-7-6-8-11-14/h6-8,10-11,15-20H,4-5,9,12-13H2,1-3H3/t15-,16-,17+,18-,19+/m1/s1. The Hall–Kier alpha value is -0.630. The zero-order valence-corrected chi connectivity index (χ0v) is 16.1. The number of benzene rings is 1. The van der Waals surface area contributed by atoms with Gasteiger partial charge in [-0.2, -0.15) is 0 Å². The number of hydrogen-bond acceptors (Lipinski definition) is 6. The molecule has 1 fully saturated rings. The van der Waals surface area contributed by atoms with E-state index in [2.05, 4.69) is 6.92 Å². The molecule has 1 heterocycles. The molecular weight excluding hydrogens is 340 g/mol. The van der Waals surface area contributed by atoms with Crippen LogP contribution in [0.25, 0.3) is 0 Å². The van der Waals surface area contributed by atoms with E-state index in [1.54, 1.807) is 26.0 Å². The van der Waals surface area contributed by atoms with Gasteiger partial charge in [0, 0.05) is 25.7 Å². The maximum atomic E-state index is 10.7. The second-order valence-corrected chi connectivity index (χ2v) is 7.33. The molecule has 1 aromatic rings. The molecular formula is C19H30O5S. The van der Waals surface area contributed by atoms with Crippen molar-refractivity contribution in [3.05, 3.63) is 30.3 Å². The summed E-state index contributed by atoms with van der Waals surface area (Å²) < 4.78 is 23.0. The Morgan fingerprint density at radius 1 is 1.12 bits per heavy atom.